The van der Waals surface area contributed by atoms with Gasteiger partial charge >= 0.3 is 0 Å². The van der Waals surface area contributed by atoms with E-state index in [4.69, 9.17) is 16.3 Å². The molecule has 1 fully saturated rings. The lowest BCUT2D eigenvalue weighted by atomic mass is 9.86. The number of morpholine rings is 1. The Bertz CT molecular complexity index is 405. The van der Waals surface area contributed by atoms with Crippen LogP contribution in [0.3, 0.4) is 0 Å². The van der Waals surface area contributed by atoms with Gasteiger partial charge in [-0.15, -0.1) is 0 Å². The number of hydrogen-bond acceptors (Lipinski definition) is 2. The summed E-state index contributed by atoms with van der Waals surface area (Å²) in [4.78, 5) is 2.39. The van der Waals surface area contributed by atoms with Crippen LogP contribution < -0.4 is 0 Å². The van der Waals surface area contributed by atoms with Crippen LogP contribution in [0.5, 0.6) is 0 Å². The molecular weight excluding hydrogens is 246 g/mol. The van der Waals surface area contributed by atoms with Crippen LogP contribution in [0.25, 0.3) is 0 Å². The van der Waals surface area contributed by atoms with E-state index in [0.717, 1.165) is 37.9 Å². The Balaban J connectivity index is 2.09. The second kappa shape index (κ2) is 5.60. The second-order valence-electron chi connectivity index (χ2n) is 5.94. The van der Waals surface area contributed by atoms with Gasteiger partial charge in [-0.3, -0.25) is 4.90 Å². The largest absolute Gasteiger partial charge is 0.379 e. The zero-order valence-corrected chi connectivity index (χ0v) is 12.3. The average molecular weight is 268 g/mol. The van der Waals surface area contributed by atoms with E-state index in [1.54, 1.807) is 0 Å². The van der Waals surface area contributed by atoms with Crippen LogP contribution in [0.4, 0.5) is 0 Å². The van der Waals surface area contributed by atoms with Crippen molar-refractivity contribution < 1.29 is 4.74 Å². The first-order chi connectivity index (χ1) is 8.47. The molecule has 0 aliphatic carbocycles. The summed E-state index contributed by atoms with van der Waals surface area (Å²) >= 11 is 6.40. The summed E-state index contributed by atoms with van der Waals surface area (Å²) in [5.74, 6) is 0. The first-order valence-electron chi connectivity index (χ1n) is 6.56. The van der Waals surface area contributed by atoms with Crippen LogP contribution in [0.2, 0.25) is 5.02 Å². The number of rotatable bonds is 2. The van der Waals surface area contributed by atoms with Crippen molar-refractivity contribution in [2.24, 2.45) is 0 Å². The van der Waals surface area contributed by atoms with Gasteiger partial charge in [-0.2, -0.15) is 0 Å². The van der Waals surface area contributed by atoms with Crippen LogP contribution in [0, 0.1) is 0 Å². The second-order valence-corrected chi connectivity index (χ2v) is 6.35. The Kier molecular flexibility index (Phi) is 4.31. The van der Waals surface area contributed by atoms with E-state index in [1.807, 2.05) is 0 Å². The van der Waals surface area contributed by atoms with Gasteiger partial charge in [0.15, 0.2) is 0 Å². The van der Waals surface area contributed by atoms with Crippen LogP contribution in [0.1, 0.15) is 31.9 Å². The summed E-state index contributed by atoms with van der Waals surface area (Å²) in [6.45, 7) is 11.2. The van der Waals surface area contributed by atoms with E-state index in [0.29, 0.717) is 0 Å². The van der Waals surface area contributed by atoms with Crippen LogP contribution in [0.15, 0.2) is 18.2 Å². The lowest BCUT2D eigenvalue weighted by Gasteiger charge is -2.27. The highest BCUT2D eigenvalue weighted by Crippen LogP contribution is 2.27. The van der Waals surface area contributed by atoms with Crippen molar-refractivity contribution >= 4 is 11.6 Å². The molecule has 0 radical (unpaired) electrons. The molecule has 0 atom stereocenters. The summed E-state index contributed by atoms with van der Waals surface area (Å²) in [5.41, 5.74) is 2.66. The van der Waals surface area contributed by atoms with E-state index in [-0.39, 0.29) is 5.41 Å². The van der Waals surface area contributed by atoms with Gasteiger partial charge in [0.05, 0.1) is 13.2 Å². The standard InChI is InChI=1S/C15H22ClNO/c1-15(2,3)13-5-4-12(14(16)10-13)11-17-6-8-18-9-7-17/h4-5,10H,6-9,11H2,1-3H3. The highest BCUT2D eigenvalue weighted by molar-refractivity contribution is 6.31. The quantitative estimate of drug-likeness (QED) is 0.814. The van der Waals surface area contributed by atoms with Crippen molar-refractivity contribution in [2.75, 3.05) is 26.3 Å². The maximum Gasteiger partial charge on any atom is 0.0594 e. The summed E-state index contributed by atoms with van der Waals surface area (Å²) in [6, 6.07) is 6.47. The number of benzene rings is 1. The number of hydrogen-bond donors (Lipinski definition) is 0. The molecule has 0 amide bonds. The van der Waals surface area contributed by atoms with Gasteiger partial charge in [-0.05, 0) is 22.6 Å². The van der Waals surface area contributed by atoms with Gasteiger partial charge in [0.2, 0.25) is 0 Å². The fourth-order valence-corrected chi connectivity index (χ4v) is 2.38. The number of ether oxygens (including phenoxy) is 1. The normalized spacial score (nSPS) is 18.0. The Morgan fingerprint density at radius 1 is 1.22 bits per heavy atom. The predicted molar refractivity (Wildman–Crippen MR) is 76.2 cm³/mol. The summed E-state index contributed by atoms with van der Waals surface area (Å²) < 4.78 is 5.36. The molecule has 0 unspecified atom stereocenters. The minimum Gasteiger partial charge on any atom is -0.379 e. The monoisotopic (exact) mass is 267 g/mol. The number of halogens is 1. The summed E-state index contributed by atoms with van der Waals surface area (Å²) in [7, 11) is 0. The Morgan fingerprint density at radius 2 is 1.89 bits per heavy atom. The van der Waals surface area contributed by atoms with E-state index in [9.17, 15) is 0 Å². The van der Waals surface area contributed by atoms with Crippen molar-refractivity contribution in [3.63, 3.8) is 0 Å². The fourth-order valence-electron chi connectivity index (χ4n) is 2.14. The molecule has 1 aromatic rings. The van der Waals surface area contributed by atoms with Crippen LogP contribution in [-0.2, 0) is 16.7 Å². The van der Waals surface area contributed by atoms with Crippen molar-refractivity contribution in [1.29, 1.82) is 0 Å². The van der Waals surface area contributed by atoms with E-state index >= 15 is 0 Å². The van der Waals surface area contributed by atoms with E-state index in [1.165, 1.54) is 11.1 Å². The van der Waals surface area contributed by atoms with E-state index in [2.05, 4.69) is 43.9 Å². The molecule has 0 saturated carbocycles. The van der Waals surface area contributed by atoms with Gasteiger partial charge in [-0.25, -0.2) is 0 Å². The molecule has 2 rings (SSSR count). The fraction of sp³-hybridized carbons (Fsp3) is 0.600. The van der Waals surface area contributed by atoms with Crippen molar-refractivity contribution in [3.8, 4) is 0 Å². The number of nitrogens with zero attached hydrogens (tertiary/aromatic N) is 1. The topological polar surface area (TPSA) is 12.5 Å². The van der Waals surface area contributed by atoms with Gasteiger partial charge in [0, 0.05) is 24.7 Å². The lowest BCUT2D eigenvalue weighted by Crippen LogP contribution is -2.35. The molecule has 1 heterocycles. The maximum atomic E-state index is 6.40. The minimum atomic E-state index is 0.154. The third-order valence-corrected chi connectivity index (χ3v) is 3.77. The molecule has 0 bridgehead atoms. The molecule has 2 nitrogen and oxygen atoms in total. The van der Waals surface area contributed by atoms with Crippen LogP contribution >= 0.6 is 11.6 Å². The SMILES string of the molecule is CC(C)(C)c1ccc(CN2CCOCC2)c(Cl)c1. The summed E-state index contributed by atoms with van der Waals surface area (Å²) in [6.07, 6.45) is 0. The third kappa shape index (κ3) is 3.47. The van der Waals surface area contributed by atoms with Gasteiger partial charge < -0.3 is 4.74 Å². The highest BCUT2D eigenvalue weighted by Gasteiger charge is 2.16. The molecule has 0 N–H and O–H groups in total. The highest BCUT2D eigenvalue weighted by atomic mass is 35.5. The zero-order chi connectivity index (χ0) is 13.2. The zero-order valence-electron chi connectivity index (χ0n) is 11.5. The molecule has 100 valence electrons. The Labute approximate surface area is 115 Å². The van der Waals surface area contributed by atoms with Crippen molar-refractivity contribution in [2.45, 2.75) is 32.7 Å². The average Bonchev–Trinajstić information content (AvgIpc) is 2.32. The van der Waals surface area contributed by atoms with Gasteiger partial charge in [0.1, 0.15) is 0 Å². The van der Waals surface area contributed by atoms with Crippen molar-refractivity contribution in [3.05, 3.63) is 34.3 Å². The van der Waals surface area contributed by atoms with E-state index < -0.39 is 0 Å². The van der Waals surface area contributed by atoms with Crippen LogP contribution in [-0.4, -0.2) is 31.2 Å². The smallest absolute Gasteiger partial charge is 0.0594 e. The molecule has 1 saturated heterocycles. The molecule has 1 aliphatic rings. The lowest BCUT2D eigenvalue weighted by molar-refractivity contribution is 0.0342. The molecule has 1 aromatic carbocycles. The maximum absolute atomic E-state index is 6.40. The molecule has 3 heteroatoms. The van der Waals surface area contributed by atoms with Gasteiger partial charge in [0.25, 0.3) is 0 Å². The van der Waals surface area contributed by atoms with Gasteiger partial charge in [-0.1, -0.05) is 44.5 Å². The molecule has 1 aliphatic heterocycles. The Morgan fingerprint density at radius 3 is 2.44 bits per heavy atom. The first-order valence-corrected chi connectivity index (χ1v) is 6.93. The predicted octanol–water partition coefficient (Wildman–Crippen LogP) is 3.47. The van der Waals surface area contributed by atoms with Crippen molar-refractivity contribution in [1.82, 2.24) is 4.90 Å². The molecular formula is C15H22ClNO. The molecule has 18 heavy (non-hydrogen) atoms. The molecule has 0 aromatic heterocycles. The molecule has 0 spiro atoms. The first kappa shape index (κ1) is 13.9. The summed E-state index contributed by atoms with van der Waals surface area (Å²) in [5, 5.41) is 0.883. The third-order valence-electron chi connectivity index (χ3n) is 3.42. The minimum absolute atomic E-state index is 0.154. The Hall–Kier alpha value is -0.570.